The molecule has 3 rings (SSSR count). The summed E-state index contributed by atoms with van der Waals surface area (Å²) in [7, 11) is -0.572. The number of aromatic nitrogens is 1. The second kappa shape index (κ2) is 8.28. The van der Waals surface area contributed by atoms with Crippen molar-refractivity contribution >= 4 is 27.4 Å². The number of sulfonamides is 1. The lowest BCUT2D eigenvalue weighted by Gasteiger charge is -2.31. The summed E-state index contributed by atoms with van der Waals surface area (Å²) in [6, 6.07) is 9.62. The molecule has 0 spiro atoms. The number of pyridine rings is 1. The van der Waals surface area contributed by atoms with Gasteiger partial charge in [0.2, 0.25) is 10.0 Å². The molecule has 1 saturated heterocycles. The predicted octanol–water partition coefficient (Wildman–Crippen LogP) is 2.82. The van der Waals surface area contributed by atoms with Gasteiger partial charge in [-0.1, -0.05) is 6.92 Å². The Morgan fingerprint density at radius 3 is 2.29 bits per heavy atom. The number of rotatable bonds is 5. The van der Waals surface area contributed by atoms with Gasteiger partial charge in [-0.25, -0.2) is 17.7 Å². The monoisotopic (exact) mass is 402 g/mol. The topological polar surface area (TPSA) is 82.6 Å². The molecule has 0 radical (unpaired) electrons. The number of nitrogens with one attached hydrogen (secondary N) is 1. The molecule has 28 heavy (non-hydrogen) atoms. The molecule has 1 aliphatic heterocycles. The molecule has 0 unspecified atom stereocenters. The van der Waals surface area contributed by atoms with Crippen molar-refractivity contribution < 1.29 is 13.2 Å². The Kier molecular flexibility index (Phi) is 6.00. The maximum atomic E-state index is 12.4. The third kappa shape index (κ3) is 4.51. The molecule has 0 atom stereocenters. The maximum Gasteiger partial charge on any atom is 0.255 e. The molecule has 7 nitrogen and oxygen atoms in total. The van der Waals surface area contributed by atoms with Crippen molar-refractivity contribution in [3.8, 4) is 0 Å². The molecule has 1 fully saturated rings. The summed E-state index contributed by atoms with van der Waals surface area (Å²) in [4.78, 5) is 19.3. The molecule has 1 N–H and O–H groups in total. The van der Waals surface area contributed by atoms with Crippen molar-refractivity contribution in [3.05, 3.63) is 48.2 Å². The van der Waals surface area contributed by atoms with E-state index in [0.29, 0.717) is 11.3 Å². The lowest BCUT2D eigenvalue weighted by molar-refractivity contribution is 0.102. The molecule has 0 bridgehead atoms. The van der Waals surface area contributed by atoms with Gasteiger partial charge in [0.25, 0.3) is 5.91 Å². The van der Waals surface area contributed by atoms with Crippen LogP contribution < -0.4 is 10.2 Å². The summed E-state index contributed by atoms with van der Waals surface area (Å²) < 4.78 is 25.3. The summed E-state index contributed by atoms with van der Waals surface area (Å²) in [5.74, 6) is 1.37. The first-order chi connectivity index (χ1) is 13.3. The SMILES string of the molecule is CC1CCN(c2ccc(NC(=O)c3ccc(S(=O)(=O)N(C)C)cc3)cn2)CC1. The van der Waals surface area contributed by atoms with Gasteiger partial charge < -0.3 is 10.2 Å². The molecule has 150 valence electrons. The highest BCUT2D eigenvalue weighted by Gasteiger charge is 2.18. The summed E-state index contributed by atoms with van der Waals surface area (Å²) in [6.45, 7) is 4.27. The molecule has 1 aliphatic rings. The zero-order valence-corrected chi connectivity index (χ0v) is 17.2. The van der Waals surface area contributed by atoms with Crippen LogP contribution in [0.25, 0.3) is 0 Å². The number of carbonyl (C=O) groups excluding carboxylic acids is 1. The van der Waals surface area contributed by atoms with Crippen LogP contribution in [0.5, 0.6) is 0 Å². The van der Waals surface area contributed by atoms with Crippen molar-refractivity contribution in [2.24, 2.45) is 5.92 Å². The van der Waals surface area contributed by atoms with Gasteiger partial charge in [0, 0.05) is 32.7 Å². The number of hydrogen-bond acceptors (Lipinski definition) is 5. The minimum atomic E-state index is -3.51. The smallest absolute Gasteiger partial charge is 0.255 e. The van der Waals surface area contributed by atoms with Crippen LogP contribution in [-0.4, -0.2) is 50.8 Å². The van der Waals surface area contributed by atoms with E-state index in [1.54, 1.807) is 6.20 Å². The van der Waals surface area contributed by atoms with E-state index in [0.717, 1.165) is 29.1 Å². The number of anilines is 2. The predicted molar refractivity (Wildman–Crippen MR) is 110 cm³/mol. The number of carbonyl (C=O) groups is 1. The largest absolute Gasteiger partial charge is 0.357 e. The molecule has 0 saturated carbocycles. The molecule has 8 heteroatoms. The van der Waals surface area contributed by atoms with Crippen LogP contribution in [0.4, 0.5) is 11.5 Å². The fourth-order valence-electron chi connectivity index (χ4n) is 3.08. The highest BCUT2D eigenvalue weighted by atomic mass is 32.2. The van der Waals surface area contributed by atoms with E-state index in [-0.39, 0.29) is 10.8 Å². The third-order valence-corrected chi connectivity index (χ3v) is 6.84. The van der Waals surface area contributed by atoms with Crippen LogP contribution in [0.15, 0.2) is 47.5 Å². The quantitative estimate of drug-likeness (QED) is 0.832. The molecule has 1 aromatic heterocycles. The van der Waals surface area contributed by atoms with Crippen LogP contribution in [0.2, 0.25) is 0 Å². The average Bonchev–Trinajstić information content (AvgIpc) is 2.69. The van der Waals surface area contributed by atoms with Crippen molar-refractivity contribution in [2.75, 3.05) is 37.4 Å². The number of piperidine rings is 1. The Bertz CT molecular complexity index is 917. The molecule has 2 heterocycles. The molecular formula is C20H26N4O3S. The Morgan fingerprint density at radius 2 is 1.75 bits per heavy atom. The lowest BCUT2D eigenvalue weighted by Crippen LogP contribution is -2.33. The second-order valence-electron chi connectivity index (χ2n) is 7.34. The van der Waals surface area contributed by atoms with Crippen molar-refractivity contribution in [2.45, 2.75) is 24.7 Å². The summed E-state index contributed by atoms with van der Waals surface area (Å²) in [5.41, 5.74) is 0.982. The highest BCUT2D eigenvalue weighted by Crippen LogP contribution is 2.22. The van der Waals surface area contributed by atoms with Gasteiger partial charge in [0.15, 0.2) is 0 Å². The summed E-state index contributed by atoms with van der Waals surface area (Å²) in [5, 5.41) is 2.80. The molecule has 1 aromatic carbocycles. The van der Waals surface area contributed by atoms with Gasteiger partial charge in [-0.05, 0) is 55.2 Å². The van der Waals surface area contributed by atoms with Crippen molar-refractivity contribution in [3.63, 3.8) is 0 Å². The van der Waals surface area contributed by atoms with E-state index in [4.69, 9.17) is 0 Å². The molecule has 1 amide bonds. The van der Waals surface area contributed by atoms with Crippen molar-refractivity contribution in [1.82, 2.24) is 9.29 Å². The first-order valence-corrected chi connectivity index (χ1v) is 10.8. The van der Waals surface area contributed by atoms with E-state index in [9.17, 15) is 13.2 Å². The molecule has 2 aromatic rings. The zero-order chi connectivity index (χ0) is 20.3. The number of hydrogen-bond donors (Lipinski definition) is 1. The number of benzene rings is 1. The fraction of sp³-hybridized carbons (Fsp3) is 0.400. The van der Waals surface area contributed by atoms with Gasteiger partial charge in [0.1, 0.15) is 5.82 Å². The Balaban J connectivity index is 1.64. The third-order valence-electron chi connectivity index (χ3n) is 5.01. The van der Waals surface area contributed by atoms with E-state index in [1.165, 1.54) is 51.2 Å². The fourth-order valence-corrected chi connectivity index (χ4v) is 3.98. The Morgan fingerprint density at radius 1 is 1.11 bits per heavy atom. The Labute approximate surface area is 166 Å². The van der Waals surface area contributed by atoms with E-state index in [1.807, 2.05) is 12.1 Å². The van der Waals surface area contributed by atoms with Crippen LogP contribution in [0, 0.1) is 5.92 Å². The normalized spacial score (nSPS) is 15.6. The van der Waals surface area contributed by atoms with Gasteiger partial charge in [-0.3, -0.25) is 4.79 Å². The van der Waals surface area contributed by atoms with Gasteiger partial charge in [-0.15, -0.1) is 0 Å². The van der Waals surface area contributed by atoms with E-state index >= 15 is 0 Å². The minimum Gasteiger partial charge on any atom is -0.357 e. The van der Waals surface area contributed by atoms with Crippen LogP contribution >= 0.6 is 0 Å². The van der Waals surface area contributed by atoms with Gasteiger partial charge >= 0.3 is 0 Å². The number of nitrogens with zero attached hydrogens (tertiary/aromatic N) is 3. The van der Waals surface area contributed by atoms with E-state index in [2.05, 4.69) is 22.1 Å². The highest BCUT2D eigenvalue weighted by molar-refractivity contribution is 7.89. The second-order valence-corrected chi connectivity index (χ2v) is 9.49. The van der Waals surface area contributed by atoms with Crippen molar-refractivity contribution in [1.29, 1.82) is 0 Å². The summed E-state index contributed by atoms with van der Waals surface area (Å²) >= 11 is 0. The standard InChI is InChI=1S/C20H26N4O3S/c1-15-10-12-24(13-11-15)19-9-6-17(14-21-19)22-20(25)16-4-7-18(8-5-16)28(26,27)23(2)3/h4-9,14-15H,10-13H2,1-3H3,(H,22,25). The average molecular weight is 403 g/mol. The maximum absolute atomic E-state index is 12.4. The van der Waals surface area contributed by atoms with Crippen LogP contribution in [0.1, 0.15) is 30.1 Å². The van der Waals surface area contributed by atoms with Crippen LogP contribution in [0.3, 0.4) is 0 Å². The Hall–Kier alpha value is -2.45. The minimum absolute atomic E-state index is 0.149. The van der Waals surface area contributed by atoms with Gasteiger partial charge in [0.05, 0.1) is 16.8 Å². The van der Waals surface area contributed by atoms with Gasteiger partial charge in [-0.2, -0.15) is 0 Å². The van der Waals surface area contributed by atoms with Crippen LogP contribution in [-0.2, 0) is 10.0 Å². The lowest BCUT2D eigenvalue weighted by atomic mass is 9.99. The zero-order valence-electron chi connectivity index (χ0n) is 16.4. The molecular weight excluding hydrogens is 376 g/mol. The summed E-state index contributed by atoms with van der Waals surface area (Å²) in [6.07, 6.45) is 3.98. The van der Waals surface area contributed by atoms with E-state index < -0.39 is 10.0 Å². The first-order valence-electron chi connectivity index (χ1n) is 9.32. The molecule has 0 aliphatic carbocycles. The number of amides is 1. The first kappa shape index (κ1) is 20.3.